The number of allylic oxidation sites excluding steroid dienone is 1. The summed E-state index contributed by atoms with van der Waals surface area (Å²) >= 11 is 3.56. The van der Waals surface area contributed by atoms with Crippen LogP contribution < -0.4 is 5.32 Å². The minimum atomic E-state index is 0.0463. The summed E-state index contributed by atoms with van der Waals surface area (Å²) in [5, 5.41) is 4.53. The van der Waals surface area contributed by atoms with Gasteiger partial charge < -0.3 is 9.88 Å². The number of hydrogen-bond acceptors (Lipinski definition) is 1. The molecule has 0 aliphatic heterocycles. The van der Waals surface area contributed by atoms with Crippen LogP contribution in [0.25, 0.3) is 10.9 Å². The highest BCUT2D eigenvalue weighted by Crippen LogP contribution is 2.55. The van der Waals surface area contributed by atoms with Crippen LogP contribution in [0.2, 0.25) is 0 Å². The number of carbonyl (C=O) groups is 1. The molecular formula is C22H25BrN2O. The lowest BCUT2D eigenvalue weighted by Crippen LogP contribution is -2.59. The van der Waals surface area contributed by atoms with Gasteiger partial charge in [0.2, 0.25) is 0 Å². The topological polar surface area (TPSA) is 34.0 Å². The smallest absolute Gasteiger partial charge is 0.253 e. The van der Waals surface area contributed by atoms with Crippen LogP contribution in [0.1, 0.15) is 48.9 Å². The molecule has 26 heavy (non-hydrogen) atoms. The van der Waals surface area contributed by atoms with Crippen LogP contribution in [0.3, 0.4) is 0 Å². The first-order valence-corrected chi connectivity index (χ1v) is 10.6. The first-order chi connectivity index (χ1) is 12.5. The molecule has 0 spiro atoms. The standard InChI is InChI=1S/C22H25BrN2O/c1-2-5-25-13-19(18-9-17(23)3-4-20(18)25)21(26)24-22-10-14-6-15(11-22)8-16(7-14)12-22/h2-4,9,13-16H,1,5-8,10-12H2,(H,24,26). The van der Waals surface area contributed by atoms with Crippen molar-refractivity contribution in [2.45, 2.75) is 50.6 Å². The number of halogens is 1. The number of benzene rings is 1. The maximum Gasteiger partial charge on any atom is 0.253 e. The number of fused-ring (bicyclic) bond motifs is 1. The molecule has 0 radical (unpaired) electrons. The largest absolute Gasteiger partial charge is 0.347 e. The lowest BCUT2D eigenvalue weighted by Gasteiger charge is -2.56. The second-order valence-electron chi connectivity index (χ2n) is 8.80. The summed E-state index contributed by atoms with van der Waals surface area (Å²) < 4.78 is 3.12. The van der Waals surface area contributed by atoms with E-state index in [1.807, 2.05) is 18.3 Å². The van der Waals surface area contributed by atoms with Crippen LogP contribution in [0.4, 0.5) is 0 Å². The average Bonchev–Trinajstić information content (AvgIpc) is 2.91. The van der Waals surface area contributed by atoms with E-state index in [9.17, 15) is 4.79 Å². The fraction of sp³-hybridized carbons (Fsp3) is 0.500. The molecule has 1 aromatic heterocycles. The lowest BCUT2D eigenvalue weighted by molar-refractivity contribution is -0.0166. The fourth-order valence-electron chi connectivity index (χ4n) is 6.31. The molecule has 4 aliphatic carbocycles. The van der Waals surface area contributed by atoms with E-state index in [1.165, 1.54) is 38.5 Å². The van der Waals surface area contributed by atoms with Crippen LogP contribution in [-0.4, -0.2) is 16.0 Å². The normalized spacial score (nSPS) is 32.1. The highest BCUT2D eigenvalue weighted by molar-refractivity contribution is 9.10. The lowest BCUT2D eigenvalue weighted by atomic mass is 9.53. The van der Waals surface area contributed by atoms with Crippen LogP contribution >= 0.6 is 15.9 Å². The molecule has 136 valence electrons. The number of rotatable bonds is 4. The predicted molar refractivity (Wildman–Crippen MR) is 108 cm³/mol. The van der Waals surface area contributed by atoms with Crippen molar-refractivity contribution < 1.29 is 4.79 Å². The van der Waals surface area contributed by atoms with Gasteiger partial charge in [0.15, 0.2) is 0 Å². The molecule has 0 saturated heterocycles. The molecule has 1 amide bonds. The Hall–Kier alpha value is -1.55. The summed E-state index contributed by atoms with van der Waals surface area (Å²) in [5.74, 6) is 2.59. The van der Waals surface area contributed by atoms with E-state index in [0.29, 0.717) is 6.54 Å². The van der Waals surface area contributed by atoms with Crippen LogP contribution in [0.15, 0.2) is 41.5 Å². The van der Waals surface area contributed by atoms with E-state index in [0.717, 1.165) is 38.7 Å². The van der Waals surface area contributed by atoms with Crippen molar-refractivity contribution in [3.05, 3.63) is 47.1 Å². The summed E-state index contributed by atoms with van der Waals surface area (Å²) in [7, 11) is 0. The third kappa shape index (κ3) is 2.65. The van der Waals surface area contributed by atoms with E-state index in [2.05, 4.69) is 44.5 Å². The van der Waals surface area contributed by atoms with Crippen molar-refractivity contribution >= 4 is 32.7 Å². The predicted octanol–water partition coefficient (Wildman–Crippen LogP) is 5.29. The molecule has 2 aromatic rings. The summed E-state index contributed by atoms with van der Waals surface area (Å²) in [6.07, 6.45) is 11.6. The molecular weight excluding hydrogens is 388 g/mol. The maximum atomic E-state index is 13.3. The molecule has 6 rings (SSSR count). The zero-order valence-corrected chi connectivity index (χ0v) is 16.6. The monoisotopic (exact) mass is 412 g/mol. The first kappa shape index (κ1) is 16.6. The number of nitrogens with zero attached hydrogens (tertiary/aromatic N) is 1. The maximum absolute atomic E-state index is 13.3. The third-order valence-corrected chi connectivity index (χ3v) is 7.32. The van der Waals surface area contributed by atoms with Gasteiger partial charge in [-0.25, -0.2) is 0 Å². The van der Waals surface area contributed by atoms with Crippen LogP contribution in [-0.2, 0) is 6.54 Å². The molecule has 4 bridgehead atoms. The van der Waals surface area contributed by atoms with Crippen molar-refractivity contribution in [1.29, 1.82) is 0 Å². The van der Waals surface area contributed by atoms with Gasteiger partial charge >= 0.3 is 0 Å². The van der Waals surface area contributed by atoms with Gasteiger partial charge in [0.1, 0.15) is 0 Å². The quantitative estimate of drug-likeness (QED) is 0.680. The second-order valence-corrected chi connectivity index (χ2v) is 9.71. The molecule has 1 aromatic carbocycles. The van der Waals surface area contributed by atoms with E-state index in [1.54, 1.807) is 0 Å². The Morgan fingerprint density at radius 2 is 1.88 bits per heavy atom. The van der Waals surface area contributed by atoms with Crippen molar-refractivity contribution in [3.63, 3.8) is 0 Å². The molecule has 4 saturated carbocycles. The number of nitrogens with one attached hydrogen (secondary N) is 1. The minimum Gasteiger partial charge on any atom is -0.347 e. The van der Waals surface area contributed by atoms with Crippen molar-refractivity contribution in [2.75, 3.05) is 0 Å². The Balaban J connectivity index is 1.49. The zero-order valence-electron chi connectivity index (χ0n) is 15.0. The van der Waals surface area contributed by atoms with Gasteiger partial charge in [0.25, 0.3) is 5.91 Å². The van der Waals surface area contributed by atoms with Crippen LogP contribution in [0, 0.1) is 17.8 Å². The van der Waals surface area contributed by atoms with E-state index in [-0.39, 0.29) is 11.4 Å². The second kappa shape index (κ2) is 5.98. The number of hydrogen-bond donors (Lipinski definition) is 1. The Morgan fingerprint density at radius 1 is 1.23 bits per heavy atom. The molecule has 4 heteroatoms. The van der Waals surface area contributed by atoms with Gasteiger partial charge in [-0.15, -0.1) is 6.58 Å². The SMILES string of the molecule is C=CCn1cc(C(=O)NC23CC4CC(CC(C4)C2)C3)c2cc(Br)ccc21. The molecule has 1 N–H and O–H groups in total. The van der Waals surface area contributed by atoms with Crippen molar-refractivity contribution in [2.24, 2.45) is 17.8 Å². The van der Waals surface area contributed by atoms with Gasteiger partial charge in [-0.2, -0.15) is 0 Å². The van der Waals surface area contributed by atoms with Gasteiger partial charge in [0, 0.05) is 33.7 Å². The van der Waals surface area contributed by atoms with Crippen molar-refractivity contribution in [3.8, 4) is 0 Å². The Labute approximate surface area is 163 Å². The Morgan fingerprint density at radius 3 is 2.50 bits per heavy atom. The molecule has 4 fully saturated rings. The average molecular weight is 413 g/mol. The molecule has 1 heterocycles. The van der Waals surface area contributed by atoms with E-state index < -0.39 is 0 Å². The summed E-state index contributed by atoms with van der Waals surface area (Å²) in [4.78, 5) is 13.3. The first-order valence-electron chi connectivity index (χ1n) is 9.77. The summed E-state index contributed by atoms with van der Waals surface area (Å²) in [5.41, 5.74) is 1.92. The number of amides is 1. The Bertz CT molecular complexity index is 862. The van der Waals surface area contributed by atoms with Crippen molar-refractivity contribution in [1.82, 2.24) is 9.88 Å². The molecule has 4 aliphatic rings. The number of aromatic nitrogens is 1. The van der Waals surface area contributed by atoms with Gasteiger partial charge in [-0.3, -0.25) is 4.79 Å². The molecule has 0 unspecified atom stereocenters. The van der Waals surface area contributed by atoms with E-state index in [4.69, 9.17) is 0 Å². The summed E-state index contributed by atoms with van der Waals surface area (Å²) in [6, 6.07) is 6.16. The molecule has 0 atom stereocenters. The Kier molecular flexibility index (Phi) is 3.82. The zero-order chi connectivity index (χ0) is 17.9. The van der Waals surface area contributed by atoms with Gasteiger partial charge in [-0.1, -0.05) is 22.0 Å². The van der Waals surface area contributed by atoms with Gasteiger partial charge in [0.05, 0.1) is 5.56 Å². The highest BCUT2D eigenvalue weighted by Gasteiger charge is 2.51. The summed E-state index contributed by atoms with van der Waals surface area (Å²) in [6.45, 7) is 4.56. The number of carbonyl (C=O) groups excluding carboxylic acids is 1. The molecule has 3 nitrogen and oxygen atoms in total. The third-order valence-electron chi connectivity index (χ3n) is 6.83. The fourth-order valence-corrected chi connectivity index (χ4v) is 6.67. The highest BCUT2D eigenvalue weighted by atomic mass is 79.9. The van der Waals surface area contributed by atoms with Crippen LogP contribution in [0.5, 0.6) is 0 Å². The van der Waals surface area contributed by atoms with Gasteiger partial charge in [-0.05, 0) is 74.5 Å². The van der Waals surface area contributed by atoms with E-state index >= 15 is 0 Å². The minimum absolute atomic E-state index is 0.0463.